The fraction of sp³-hybridized carbons (Fsp3) is 0.0833. The Hall–Kier alpha value is -0.960. The van der Waals surface area contributed by atoms with Crippen molar-refractivity contribution in [2.75, 3.05) is 5.32 Å². The third-order valence-electron chi connectivity index (χ3n) is 2.12. The van der Waals surface area contributed by atoms with Gasteiger partial charge in [0.15, 0.2) is 0 Å². The molecule has 0 fully saturated rings. The van der Waals surface area contributed by atoms with Crippen LogP contribution in [0.15, 0.2) is 48.8 Å². The van der Waals surface area contributed by atoms with Crippen molar-refractivity contribution in [1.29, 1.82) is 0 Å². The summed E-state index contributed by atoms with van der Waals surface area (Å²) in [6.07, 6.45) is 3.52. The molecule has 1 heterocycles. The van der Waals surface area contributed by atoms with E-state index >= 15 is 0 Å². The average Bonchev–Trinajstić information content (AvgIpc) is 2.29. The molecule has 92 valence electrons. The number of rotatable bonds is 3. The molecule has 0 amide bonds. The Morgan fingerprint density at radius 2 is 1.65 bits per heavy atom. The Balaban J connectivity index is 0.00000128. The summed E-state index contributed by atoms with van der Waals surface area (Å²) in [7, 11) is 0. The van der Waals surface area contributed by atoms with E-state index in [9.17, 15) is 0 Å². The number of nitrogens with one attached hydrogen (secondary N) is 1. The summed E-state index contributed by atoms with van der Waals surface area (Å²) < 4.78 is 0. The SMILES string of the molecule is Cl.Cl.Clc1ccccc1CNc1ccncc1. The van der Waals surface area contributed by atoms with Crippen molar-refractivity contribution in [3.05, 3.63) is 59.4 Å². The summed E-state index contributed by atoms with van der Waals surface area (Å²) in [6.45, 7) is 0.726. The number of nitrogens with zero attached hydrogens (tertiary/aromatic N) is 1. The molecule has 0 saturated heterocycles. The molecule has 2 aromatic rings. The van der Waals surface area contributed by atoms with Gasteiger partial charge in [0.05, 0.1) is 0 Å². The van der Waals surface area contributed by atoms with E-state index in [0.29, 0.717) is 0 Å². The number of pyridine rings is 1. The van der Waals surface area contributed by atoms with E-state index in [1.807, 2.05) is 36.4 Å². The van der Waals surface area contributed by atoms with Crippen LogP contribution in [0.4, 0.5) is 5.69 Å². The highest BCUT2D eigenvalue weighted by molar-refractivity contribution is 6.31. The third kappa shape index (κ3) is 4.82. The molecule has 0 aliphatic carbocycles. The summed E-state index contributed by atoms with van der Waals surface area (Å²) in [5.74, 6) is 0. The lowest BCUT2D eigenvalue weighted by molar-refractivity contribution is 1.14. The number of hydrogen-bond donors (Lipinski definition) is 1. The van der Waals surface area contributed by atoms with Gasteiger partial charge in [0.25, 0.3) is 0 Å². The van der Waals surface area contributed by atoms with Crippen molar-refractivity contribution in [3.8, 4) is 0 Å². The Labute approximate surface area is 118 Å². The first-order chi connectivity index (χ1) is 7.36. The number of halogens is 3. The molecule has 17 heavy (non-hydrogen) atoms. The highest BCUT2D eigenvalue weighted by atomic mass is 35.5. The van der Waals surface area contributed by atoms with Crippen LogP contribution >= 0.6 is 36.4 Å². The first kappa shape index (κ1) is 16.0. The Morgan fingerprint density at radius 3 is 2.29 bits per heavy atom. The highest BCUT2D eigenvalue weighted by Gasteiger charge is 1.97. The zero-order chi connectivity index (χ0) is 10.5. The third-order valence-corrected chi connectivity index (χ3v) is 2.49. The molecular weight excluding hydrogens is 279 g/mol. The average molecular weight is 292 g/mol. The van der Waals surface area contributed by atoms with Crippen LogP contribution in [0.1, 0.15) is 5.56 Å². The zero-order valence-electron chi connectivity index (χ0n) is 8.97. The maximum absolute atomic E-state index is 6.04. The maximum Gasteiger partial charge on any atom is 0.0455 e. The van der Waals surface area contributed by atoms with E-state index in [1.54, 1.807) is 12.4 Å². The fourth-order valence-corrected chi connectivity index (χ4v) is 1.51. The standard InChI is InChI=1S/C12H11ClN2.2ClH/c13-12-4-2-1-3-10(12)9-15-11-5-7-14-8-6-11;;/h1-8H,9H2,(H,14,15);2*1H. The van der Waals surface area contributed by atoms with E-state index in [1.165, 1.54) is 0 Å². The summed E-state index contributed by atoms with van der Waals surface area (Å²) in [6, 6.07) is 11.7. The molecule has 0 saturated carbocycles. The van der Waals surface area contributed by atoms with Crippen LogP contribution in [0.2, 0.25) is 5.02 Å². The van der Waals surface area contributed by atoms with Crippen LogP contribution in [0, 0.1) is 0 Å². The minimum absolute atomic E-state index is 0. The molecule has 0 radical (unpaired) electrons. The van der Waals surface area contributed by atoms with Gasteiger partial charge in [-0.25, -0.2) is 0 Å². The normalized spacial score (nSPS) is 8.76. The van der Waals surface area contributed by atoms with Gasteiger partial charge >= 0.3 is 0 Å². The van der Waals surface area contributed by atoms with Gasteiger partial charge in [-0.2, -0.15) is 0 Å². The monoisotopic (exact) mass is 290 g/mol. The van der Waals surface area contributed by atoms with Gasteiger partial charge in [-0.05, 0) is 23.8 Å². The van der Waals surface area contributed by atoms with Crippen molar-refractivity contribution in [2.45, 2.75) is 6.54 Å². The van der Waals surface area contributed by atoms with Crippen LogP contribution < -0.4 is 5.32 Å². The quantitative estimate of drug-likeness (QED) is 0.917. The minimum Gasteiger partial charge on any atom is -0.381 e. The van der Waals surface area contributed by atoms with Gasteiger partial charge in [-0.15, -0.1) is 24.8 Å². The second-order valence-electron chi connectivity index (χ2n) is 3.18. The summed E-state index contributed by atoms with van der Waals surface area (Å²) in [5, 5.41) is 4.07. The van der Waals surface area contributed by atoms with Crippen molar-refractivity contribution in [1.82, 2.24) is 4.98 Å². The first-order valence-corrected chi connectivity index (χ1v) is 5.11. The lowest BCUT2D eigenvalue weighted by Gasteiger charge is -2.07. The first-order valence-electron chi connectivity index (χ1n) is 4.73. The Bertz CT molecular complexity index is 435. The van der Waals surface area contributed by atoms with E-state index in [0.717, 1.165) is 22.8 Å². The molecule has 1 N–H and O–H groups in total. The van der Waals surface area contributed by atoms with Gasteiger partial charge in [0.2, 0.25) is 0 Å². The topological polar surface area (TPSA) is 24.9 Å². The van der Waals surface area contributed by atoms with Crippen LogP contribution in [-0.2, 0) is 6.54 Å². The van der Waals surface area contributed by atoms with E-state index in [-0.39, 0.29) is 24.8 Å². The van der Waals surface area contributed by atoms with Crippen LogP contribution in [-0.4, -0.2) is 4.98 Å². The van der Waals surface area contributed by atoms with Gasteiger partial charge in [0, 0.05) is 29.6 Å². The lowest BCUT2D eigenvalue weighted by Crippen LogP contribution is -1.99. The molecular formula is C12H13Cl3N2. The van der Waals surface area contributed by atoms with Crippen molar-refractivity contribution < 1.29 is 0 Å². The minimum atomic E-state index is 0. The predicted octanol–water partition coefficient (Wildman–Crippen LogP) is 4.19. The molecule has 0 atom stereocenters. The van der Waals surface area contributed by atoms with Gasteiger partial charge in [-0.3, -0.25) is 4.98 Å². The second kappa shape index (κ2) is 8.18. The molecule has 2 nitrogen and oxygen atoms in total. The fourth-order valence-electron chi connectivity index (χ4n) is 1.31. The largest absolute Gasteiger partial charge is 0.381 e. The van der Waals surface area contributed by atoms with Gasteiger partial charge in [-0.1, -0.05) is 29.8 Å². The van der Waals surface area contributed by atoms with Crippen LogP contribution in [0.3, 0.4) is 0 Å². The number of hydrogen-bond acceptors (Lipinski definition) is 2. The lowest BCUT2D eigenvalue weighted by atomic mass is 10.2. The molecule has 0 bridgehead atoms. The molecule has 1 aromatic heterocycles. The van der Waals surface area contributed by atoms with E-state index < -0.39 is 0 Å². The van der Waals surface area contributed by atoms with E-state index in [2.05, 4.69) is 10.3 Å². The van der Waals surface area contributed by atoms with Crippen LogP contribution in [0.5, 0.6) is 0 Å². The molecule has 2 rings (SSSR count). The summed E-state index contributed by atoms with van der Waals surface area (Å²) >= 11 is 6.04. The molecule has 1 aromatic carbocycles. The summed E-state index contributed by atoms with van der Waals surface area (Å²) in [4.78, 5) is 3.95. The van der Waals surface area contributed by atoms with Crippen LogP contribution in [0.25, 0.3) is 0 Å². The predicted molar refractivity (Wildman–Crippen MR) is 77.5 cm³/mol. The smallest absolute Gasteiger partial charge is 0.0455 e. The second-order valence-corrected chi connectivity index (χ2v) is 3.59. The zero-order valence-corrected chi connectivity index (χ0v) is 11.4. The number of benzene rings is 1. The Morgan fingerprint density at radius 1 is 1.00 bits per heavy atom. The Kier molecular flexibility index (Phi) is 7.72. The molecule has 0 spiro atoms. The summed E-state index contributed by atoms with van der Waals surface area (Å²) in [5.41, 5.74) is 2.14. The number of anilines is 1. The molecule has 0 aliphatic heterocycles. The van der Waals surface area contributed by atoms with Crippen molar-refractivity contribution >= 4 is 42.1 Å². The molecule has 0 unspecified atom stereocenters. The molecule has 5 heteroatoms. The molecule has 0 aliphatic rings. The van der Waals surface area contributed by atoms with Gasteiger partial charge in [0.1, 0.15) is 0 Å². The van der Waals surface area contributed by atoms with Crippen molar-refractivity contribution in [3.63, 3.8) is 0 Å². The number of aromatic nitrogens is 1. The van der Waals surface area contributed by atoms with E-state index in [4.69, 9.17) is 11.6 Å². The van der Waals surface area contributed by atoms with Crippen molar-refractivity contribution in [2.24, 2.45) is 0 Å². The maximum atomic E-state index is 6.04. The van der Waals surface area contributed by atoms with Gasteiger partial charge < -0.3 is 5.32 Å². The highest BCUT2D eigenvalue weighted by Crippen LogP contribution is 2.16.